The molecule has 0 spiro atoms. The van der Waals surface area contributed by atoms with Crippen molar-refractivity contribution in [3.63, 3.8) is 0 Å². The molecule has 11 aromatic rings. The van der Waals surface area contributed by atoms with Gasteiger partial charge in [-0.05, 0) is 64.7 Å². The molecule has 0 aliphatic carbocycles. The largest absolute Gasteiger partial charge is 0.309 e. The highest BCUT2D eigenvalue weighted by molar-refractivity contribution is 7.26. The van der Waals surface area contributed by atoms with Gasteiger partial charge in [0.25, 0.3) is 0 Å². The number of nitrogens with zero attached hydrogens (tertiary/aromatic N) is 4. The zero-order valence-corrected chi connectivity index (χ0v) is 31.0. The Balaban J connectivity index is 1.06. The summed E-state index contributed by atoms with van der Waals surface area (Å²) < 4.78 is 4.88. The Morgan fingerprint density at radius 3 is 1.70 bits per heavy atom. The van der Waals surface area contributed by atoms with E-state index in [0.29, 0.717) is 17.5 Å². The van der Waals surface area contributed by atoms with Gasteiger partial charge < -0.3 is 4.57 Å². The van der Waals surface area contributed by atoms with Crippen molar-refractivity contribution in [2.24, 2.45) is 0 Å². The molecule has 0 aliphatic rings. The maximum Gasteiger partial charge on any atom is 0.164 e. The number of para-hydroxylation sites is 2. The van der Waals surface area contributed by atoms with Crippen LogP contribution in [0.3, 0.4) is 0 Å². The van der Waals surface area contributed by atoms with Crippen molar-refractivity contribution in [3.8, 4) is 62.1 Å². The Morgan fingerprint density at radius 2 is 0.911 bits per heavy atom. The zero-order valence-electron chi connectivity index (χ0n) is 30.2. The molecule has 0 saturated heterocycles. The van der Waals surface area contributed by atoms with E-state index in [9.17, 15) is 0 Å². The van der Waals surface area contributed by atoms with Crippen LogP contribution in [0, 0.1) is 0 Å². The second-order valence-corrected chi connectivity index (χ2v) is 15.1. The standard InChI is InChI=1S/C51H32N4S/c1-4-14-33(15-5-1)35-27-29-47-44(31-35)43-24-13-23-40(48(43)56-47)36-18-12-19-37(30-36)50-52-49(34-16-6-2-7-17-34)53-51(54-50)38-26-28-42-41-22-10-11-25-45(41)55(46(42)32-38)39-20-8-3-9-21-39/h1-32H. The number of hydrogen-bond acceptors (Lipinski definition) is 4. The van der Waals surface area contributed by atoms with Gasteiger partial charge in [-0.1, -0.05) is 152 Å². The van der Waals surface area contributed by atoms with E-state index < -0.39 is 0 Å². The number of thiophene rings is 1. The van der Waals surface area contributed by atoms with Gasteiger partial charge in [-0.2, -0.15) is 0 Å². The molecular formula is C51H32N4S. The normalized spacial score (nSPS) is 11.6. The topological polar surface area (TPSA) is 43.6 Å². The lowest BCUT2D eigenvalue weighted by Gasteiger charge is -2.11. The molecule has 0 aliphatic heterocycles. The number of hydrogen-bond donors (Lipinski definition) is 0. The quantitative estimate of drug-likeness (QED) is 0.171. The smallest absolute Gasteiger partial charge is 0.164 e. The first-order valence-corrected chi connectivity index (χ1v) is 19.6. The second-order valence-electron chi connectivity index (χ2n) is 14.0. The van der Waals surface area contributed by atoms with E-state index in [4.69, 9.17) is 15.0 Å². The van der Waals surface area contributed by atoms with E-state index in [1.165, 1.54) is 47.6 Å². The average molecular weight is 733 g/mol. The first kappa shape index (κ1) is 32.2. The van der Waals surface area contributed by atoms with Crippen LogP contribution in [-0.4, -0.2) is 19.5 Å². The summed E-state index contributed by atoms with van der Waals surface area (Å²) in [7, 11) is 0. The van der Waals surface area contributed by atoms with Gasteiger partial charge >= 0.3 is 0 Å². The molecule has 3 heterocycles. The van der Waals surface area contributed by atoms with Crippen LogP contribution in [0.1, 0.15) is 0 Å². The molecule has 0 atom stereocenters. The maximum atomic E-state index is 5.20. The molecule has 0 saturated carbocycles. The summed E-state index contributed by atoms with van der Waals surface area (Å²) in [5.74, 6) is 1.91. The Bertz CT molecular complexity index is 3240. The van der Waals surface area contributed by atoms with Crippen molar-refractivity contribution in [1.29, 1.82) is 0 Å². The summed E-state index contributed by atoms with van der Waals surface area (Å²) in [6, 6.07) is 68.5. The molecule has 4 nitrogen and oxygen atoms in total. The highest BCUT2D eigenvalue weighted by Gasteiger charge is 2.18. The van der Waals surface area contributed by atoms with E-state index in [1.807, 2.05) is 29.5 Å². The molecule has 0 bridgehead atoms. The Kier molecular flexibility index (Phi) is 7.64. The summed E-state index contributed by atoms with van der Waals surface area (Å²) in [5, 5.41) is 4.94. The third kappa shape index (κ3) is 5.48. The molecule has 11 rings (SSSR count). The molecular weight excluding hydrogens is 701 g/mol. The maximum absolute atomic E-state index is 5.20. The predicted octanol–water partition coefficient (Wildman–Crippen LogP) is 13.7. The van der Waals surface area contributed by atoms with Crippen molar-refractivity contribution in [2.45, 2.75) is 0 Å². The van der Waals surface area contributed by atoms with Crippen molar-refractivity contribution in [3.05, 3.63) is 194 Å². The average Bonchev–Trinajstić information content (AvgIpc) is 3.82. The molecule has 8 aromatic carbocycles. The molecule has 0 amide bonds. The Hall–Kier alpha value is -7.21. The second kappa shape index (κ2) is 13.3. The van der Waals surface area contributed by atoms with Crippen LogP contribution in [-0.2, 0) is 0 Å². The minimum atomic E-state index is 0.631. The SMILES string of the molecule is c1ccc(-c2ccc3sc4c(-c5cccc(-c6nc(-c7ccccc7)nc(-c7ccc8c9ccccc9n(-c9ccccc9)c8c7)n6)c5)cccc4c3c2)cc1. The van der Waals surface area contributed by atoms with Crippen molar-refractivity contribution in [1.82, 2.24) is 19.5 Å². The number of fused-ring (bicyclic) bond motifs is 6. The highest BCUT2D eigenvalue weighted by Crippen LogP contribution is 2.42. The minimum Gasteiger partial charge on any atom is -0.309 e. The number of benzene rings is 8. The van der Waals surface area contributed by atoms with Gasteiger partial charge in [-0.15, -0.1) is 11.3 Å². The van der Waals surface area contributed by atoms with E-state index in [2.05, 4.69) is 180 Å². The van der Waals surface area contributed by atoms with Gasteiger partial charge in [0.05, 0.1) is 11.0 Å². The van der Waals surface area contributed by atoms with E-state index in [1.54, 1.807) is 0 Å². The molecule has 5 heteroatoms. The summed E-state index contributed by atoms with van der Waals surface area (Å²) in [6.45, 7) is 0. The first-order valence-electron chi connectivity index (χ1n) is 18.8. The summed E-state index contributed by atoms with van der Waals surface area (Å²) >= 11 is 1.85. The Labute approximate surface area is 327 Å². The molecule has 0 fully saturated rings. The fourth-order valence-electron chi connectivity index (χ4n) is 7.98. The fraction of sp³-hybridized carbons (Fsp3) is 0. The van der Waals surface area contributed by atoms with E-state index in [0.717, 1.165) is 39.0 Å². The van der Waals surface area contributed by atoms with Crippen LogP contribution < -0.4 is 0 Å². The van der Waals surface area contributed by atoms with Crippen LogP contribution in [0.2, 0.25) is 0 Å². The van der Waals surface area contributed by atoms with Crippen LogP contribution in [0.4, 0.5) is 0 Å². The van der Waals surface area contributed by atoms with E-state index >= 15 is 0 Å². The third-order valence-corrected chi connectivity index (χ3v) is 11.9. The van der Waals surface area contributed by atoms with Gasteiger partial charge in [0.1, 0.15) is 0 Å². The lowest BCUT2D eigenvalue weighted by molar-refractivity contribution is 1.07. The molecule has 0 radical (unpaired) electrons. The minimum absolute atomic E-state index is 0.631. The zero-order chi connectivity index (χ0) is 37.0. The monoisotopic (exact) mass is 732 g/mol. The van der Waals surface area contributed by atoms with Crippen molar-refractivity contribution in [2.75, 3.05) is 0 Å². The summed E-state index contributed by atoms with van der Waals surface area (Å²) in [6.07, 6.45) is 0. The fourth-order valence-corrected chi connectivity index (χ4v) is 9.20. The van der Waals surface area contributed by atoms with Crippen LogP contribution in [0.5, 0.6) is 0 Å². The van der Waals surface area contributed by atoms with Gasteiger partial charge in [0.15, 0.2) is 17.5 Å². The van der Waals surface area contributed by atoms with Gasteiger partial charge in [0, 0.05) is 53.3 Å². The van der Waals surface area contributed by atoms with Gasteiger partial charge in [-0.3, -0.25) is 0 Å². The van der Waals surface area contributed by atoms with Crippen LogP contribution in [0.25, 0.3) is 104 Å². The number of aromatic nitrogens is 4. The lowest BCUT2D eigenvalue weighted by Crippen LogP contribution is -2.00. The molecule has 0 unspecified atom stereocenters. The number of rotatable bonds is 6. The summed E-state index contributed by atoms with van der Waals surface area (Å²) in [4.78, 5) is 15.4. The van der Waals surface area contributed by atoms with Gasteiger partial charge in [0.2, 0.25) is 0 Å². The molecule has 56 heavy (non-hydrogen) atoms. The first-order chi connectivity index (χ1) is 27.7. The lowest BCUT2D eigenvalue weighted by atomic mass is 9.99. The van der Waals surface area contributed by atoms with Crippen LogP contribution in [0.15, 0.2) is 194 Å². The highest BCUT2D eigenvalue weighted by atomic mass is 32.1. The Morgan fingerprint density at radius 1 is 0.339 bits per heavy atom. The molecule has 0 N–H and O–H groups in total. The summed E-state index contributed by atoms with van der Waals surface area (Å²) in [5.41, 5.74) is 11.0. The van der Waals surface area contributed by atoms with Crippen molar-refractivity contribution >= 4 is 53.3 Å². The predicted molar refractivity (Wildman–Crippen MR) is 234 cm³/mol. The van der Waals surface area contributed by atoms with E-state index in [-0.39, 0.29) is 0 Å². The van der Waals surface area contributed by atoms with Crippen LogP contribution >= 0.6 is 11.3 Å². The van der Waals surface area contributed by atoms with Crippen molar-refractivity contribution < 1.29 is 0 Å². The third-order valence-electron chi connectivity index (χ3n) is 10.6. The molecule has 262 valence electrons. The molecule has 3 aromatic heterocycles. The van der Waals surface area contributed by atoms with Gasteiger partial charge in [-0.25, -0.2) is 15.0 Å².